The van der Waals surface area contributed by atoms with Crippen LogP contribution in [0.25, 0.3) is 0 Å². The van der Waals surface area contributed by atoms with Gasteiger partial charge in [0, 0.05) is 22.6 Å². The van der Waals surface area contributed by atoms with Crippen LogP contribution in [0.1, 0.15) is 38.3 Å². The number of carbonyl (C=O) groups excluding carboxylic acids is 2. The molecule has 1 atom stereocenters. The lowest BCUT2D eigenvalue weighted by Crippen LogP contribution is -2.53. The fraction of sp³-hybridized carbons (Fsp3) is 0.333. The third-order valence-electron chi connectivity index (χ3n) is 6.42. The topological polar surface area (TPSA) is 96.0 Å². The summed E-state index contributed by atoms with van der Waals surface area (Å²) in [5.41, 5.74) is 1.81. The molecule has 3 aromatic carbocycles. The third kappa shape index (κ3) is 8.15. The normalized spacial score (nSPS) is 12.1. The summed E-state index contributed by atoms with van der Waals surface area (Å²) < 4.78 is 34.1. The Kier molecular flexibility index (Phi) is 11.1. The molecular weight excluding hydrogens is 585 g/mol. The van der Waals surface area contributed by atoms with Crippen LogP contribution in [0.2, 0.25) is 10.0 Å². The van der Waals surface area contributed by atoms with Crippen LogP contribution < -0.4 is 14.4 Å². The molecule has 0 saturated heterocycles. The van der Waals surface area contributed by atoms with Crippen molar-refractivity contribution in [2.45, 2.75) is 57.6 Å². The predicted octanol–water partition coefficient (Wildman–Crippen LogP) is 5.84. The highest BCUT2D eigenvalue weighted by Gasteiger charge is 2.34. The first kappa shape index (κ1) is 32.2. The largest absolute Gasteiger partial charge is 0.497 e. The highest BCUT2D eigenvalue weighted by Crippen LogP contribution is 2.28. The molecule has 11 heteroatoms. The van der Waals surface area contributed by atoms with Crippen molar-refractivity contribution in [3.8, 4) is 5.75 Å². The quantitative estimate of drug-likeness (QED) is 0.275. The molecule has 0 unspecified atom stereocenters. The van der Waals surface area contributed by atoms with E-state index in [0.29, 0.717) is 33.5 Å². The highest BCUT2D eigenvalue weighted by molar-refractivity contribution is 7.92. The maximum Gasteiger partial charge on any atom is 0.264 e. The Bertz CT molecular complexity index is 1460. The zero-order valence-electron chi connectivity index (χ0n) is 23.7. The fourth-order valence-electron chi connectivity index (χ4n) is 4.25. The Morgan fingerprint density at radius 2 is 1.61 bits per heavy atom. The van der Waals surface area contributed by atoms with Crippen LogP contribution in [0.15, 0.2) is 71.6 Å². The number of methoxy groups -OCH3 is 1. The number of nitrogens with one attached hydrogen (secondary N) is 1. The Morgan fingerprint density at radius 1 is 0.976 bits per heavy atom. The first-order valence-electron chi connectivity index (χ1n) is 13.1. The van der Waals surface area contributed by atoms with E-state index >= 15 is 0 Å². The van der Waals surface area contributed by atoms with Crippen molar-refractivity contribution >= 4 is 50.7 Å². The van der Waals surface area contributed by atoms with Gasteiger partial charge in [-0.2, -0.15) is 0 Å². The van der Waals surface area contributed by atoms with Gasteiger partial charge in [0.15, 0.2) is 0 Å². The molecule has 0 spiro atoms. The molecule has 0 radical (unpaired) electrons. The second-order valence-electron chi connectivity index (χ2n) is 9.87. The second kappa shape index (κ2) is 14.1. The van der Waals surface area contributed by atoms with Crippen LogP contribution in [-0.2, 0) is 26.2 Å². The van der Waals surface area contributed by atoms with Gasteiger partial charge in [0.2, 0.25) is 11.8 Å². The predicted molar refractivity (Wildman–Crippen MR) is 163 cm³/mol. The summed E-state index contributed by atoms with van der Waals surface area (Å²) in [5, 5.41) is 3.62. The summed E-state index contributed by atoms with van der Waals surface area (Å²) in [7, 11) is -2.70. The van der Waals surface area contributed by atoms with E-state index < -0.39 is 28.5 Å². The maximum atomic E-state index is 14.1. The number of amides is 2. The van der Waals surface area contributed by atoms with Crippen LogP contribution in [-0.4, -0.2) is 50.9 Å². The molecule has 1 N–H and O–H groups in total. The van der Waals surface area contributed by atoms with Crippen molar-refractivity contribution in [3.05, 3.63) is 87.9 Å². The molecule has 0 aliphatic carbocycles. The van der Waals surface area contributed by atoms with Crippen molar-refractivity contribution in [3.63, 3.8) is 0 Å². The van der Waals surface area contributed by atoms with Crippen LogP contribution in [0.4, 0.5) is 5.69 Å². The van der Waals surface area contributed by atoms with Gasteiger partial charge >= 0.3 is 0 Å². The number of benzene rings is 3. The lowest BCUT2D eigenvalue weighted by molar-refractivity contribution is -0.140. The Hall–Kier alpha value is -3.27. The Balaban J connectivity index is 2.08. The minimum atomic E-state index is -4.19. The number of halogens is 2. The first-order chi connectivity index (χ1) is 19.4. The molecule has 0 fully saturated rings. The van der Waals surface area contributed by atoms with E-state index in [0.717, 1.165) is 9.87 Å². The van der Waals surface area contributed by atoms with E-state index in [-0.39, 0.29) is 23.4 Å². The molecule has 41 heavy (non-hydrogen) atoms. The van der Waals surface area contributed by atoms with Crippen LogP contribution in [0.3, 0.4) is 0 Å². The van der Waals surface area contributed by atoms with E-state index in [1.807, 2.05) is 20.8 Å². The van der Waals surface area contributed by atoms with Crippen molar-refractivity contribution in [2.75, 3.05) is 18.0 Å². The van der Waals surface area contributed by atoms with Crippen LogP contribution >= 0.6 is 23.2 Å². The molecule has 8 nitrogen and oxygen atoms in total. The number of hydrogen-bond acceptors (Lipinski definition) is 5. The molecule has 3 aromatic rings. The van der Waals surface area contributed by atoms with Gasteiger partial charge in [-0.15, -0.1) is 0 Å². The maximum absolute atomic E-state index is 14.1. The van der Waals surface area contributed by atoms with Gasteiger partial charge in [-0.05, 0) is 81.3 Å². The summed E-state index contributed by atoms with van der Waals surface area (Å²) in [4.78, 5) is 28.7. The summed E-state index contributed by atoms with van der Waals surface area (Å²) in [6, 6.07) is 16.6. The minimum absolute atomic E-state index is 0.0106. The van der Waals surface area contributed by atoms with Crippen LogP contribution in [0.5, 0.6) is 5.75 Å². The molecule has 3 rings (SSSR count). The zero-order valence-corrected chi connectivity index (χ0v) is 26.1. The standard InChI is InChI=1S/C30H35Cl2N3O5S/c1-6-28(30(37)33-20(2)3)34(18-22-9-10-23(31)17-27(22)32)29(36)19-35(24-11-7-21(4)8-12-24)41(38,39)26-15-13-25(40-5)14-16-26/h7-17,20,28H,6,18-19H2,1-5H3,(H,33,37)/t28-/m1/s1. The first-order valence-corrected chi connectivity index (χ1v) is 15.3. The van der Waals surface area contributed by atoms with Gasteiger partial charge in [-0.1, -0.05) is 53.9 Å². The molecule has 0 saturated carbocycles. The van der Waals surface area contributed by atoms with Crippen molar-refractivity contribution in [1.82, 2.24) is 10.2 Å². The molecule has 0 aromatic heterocycles. The Morgan fingerprint density at radius 3 is 2.15 bits per heavy atom. The summed E-state index contributed by atoms with van der Waals surface area (Å²) in [6.07, 6.45) is 0.297. The summed E-state index contributed by atoms with van der Waals surface area (Å²) in [6.45, 7) is 6.76. The average molecular weight is 621 g/mol. The average Bonchev–Trinajstić information content (AvgIpc) is 2.92. The number of rotatable bonds is 12. The number of aryl methyl sites for hydroxylation is 1. The van der Waals surface area contributed by atoms with Gasteiger partial charge in [0.25, 0.3) is 10.0 Å². The number of nitrogens with zero attached hydrogens (tertiary/aromatic N) is 2. The minimum Gasteiger partial charge on any atom is -0.497 e. The van der Waals surface area contributed by atoms with Gasteiger partial charge < -0.3 is 15.0 Å². The number of hydrogen-bond donors (Lipinski definition) is 1. The lowest BCUT2D eigenvalue weighted by atomic mass is 10.1. The van der Waals surface area contributed by atoms with E-state index in [1.165, 1.54) is 24.1 Å². The van der Waals surface area contributed by atoms with Crippen molar-refractivity contribution in [1.29, 1.82) is 0 Å². The van der Waals surface area contributed by atoms with Crippen molar-refractivity contribution in [2.24, 2.45) is 0 Å². The molecule has 0 aliphatic heterocycles. The Labute approximate surface area is 252 Å². The lowest BCUT2D eigenvalue weighted by Gasteiger charge is -2.33. The SMILES string of the molecule is CC[C@H](C(=O)NC(C)C)N(Cc1ccc(Cl)cc1Cl)C(=O)CN(c1ccc(C)cc1)S(=O)(=O)c1ccc(OC)cc1. The van der Waals surface area contributed by atoms with Crippen LogP contribution in [0, 0.1) is 6.92 Å². The van der Waals surface area contributed by atoms with Gasteiger partial charge in [0.1, 0.15) is 18.3 Å². The molecule has 0 heterocycles. The summed E-state index contributed by atoms with van der Waals surface area (Å²) >= 11 is 12.5. The van der Waals surface area contributed by atoms with E-state index in [2.05, 4.69) is 5.32 Å². The van der Waals surface area contributed by atoms with E-state index in [4.69, 9.17) is 27.9 Å². The van der Waals surface area contributed by atoms with Gasteiger partial charge in [-0.25, -0.2) is 8.42 Å². The highest BCUT2D eigenvalue weighted by atomic mass is 35.5. The molecule has 2 amide bonds. The molecule has 0 aliphatic rings. The fourth-order valence-corrected chi connectivity index (χ4v) is 6.13. The second-order valence-corrected chi connectivity index (χ2v) is 12.6. The monoisotopic (exact) mass is 619 g/mol. The number of ether oxygens (including phenoxy) is 1. The molecular formula is C30H35Cl2N3O5S. The van der Waals surface area contributed by atoms with Crippen molar-refractivity contribution < 1.29 is 22.7 Å². The molecule has 0 bridgehead atoms. The van der Waals surface area contributed by atoms with Gasteiger partial charge in [-0.3, -0.25) is 13.9 Å². The van der Waals surface area contributed by atoms with E-state index in [9.17, 15) is 18.0 Å². The number of anilines is 1. The number of sulfonamides is 1. The molecule has 220 valence electrons. The third-order valence-corrected chi connectivity index (χ3v) is 8.80. The van der Waals surface area contributed by atoms with E-state index in [1.54, 1.807) is 61.5 Å². The van der Waals surface area contributed by atoms with Gasteiger partial charge in [0.05, 0.1) is 17.7 Å². The summed E-state index contributed by atoms with van der Waals surface area (Å²) in [5.74, 6) is -0.421. The number of carbonyl (C=O) groups is 2. The smallest absolute Gasteiger partial charge is 0.264 e. The zero-order chi connectivity index (χ0) is 30.3.